The van der Waals surface area contributed by atoms with Crippen molar-refractivity contribution in [2.75, 3.05) is 33.4 Å². The molecule has 0 heterocycles. The van der Waals surface area contributed by atoms with Crippen molar-refractivity contribution >= 4 is 0 Å². The Morgan fingerprint density at radius 3 is 2.55 bits per heavy atom. The normalized spacial score (nSPS) is 13.9. The molecular formula is C8H20N2O. The van der Waals surface area contributed by atoms with Gasteiger partial charge in [-0.25, -0.2) is 0 Å². The Labute approximate surface area is 69.5 Å². The molecule has 0 bridgehead atoms. The predicted octanol–water partition coefficient (Wildman–Crippen LogP) is 0.302. The maximum atomic E-state index is 5.46. The van der Waals surface area contributed by atoms with Gasteiger partial charge in [0, 0.05) is 26.2 Å². The third-order valence-electron chi connectivity index (χ3n) is 1.85. The van der Waals surface area contributed by atoms with Crippen molar-refractivity contribution in [1.82, 2.24) is 4.90 Å². The fourth-order valence-electron chi connectivity index (χ4n) is 1.20. The summed E-state index contributed by atoms with van der Waals surface area (Å²) in [6, 6.07) is 0.480. The average molecular weight is 160 g/mol. The van der Waals surface area contributed by atoms with Crippen LogP contribution in [-0.2, 0) is 4.74 Å². The van der Waals surface area contributed by atoms with E-state index in [1.165, 1.54) is 0 Å². The maximum Gasteiger partial charge on any atom is 0.0615 e. The van der Waals surface area contributed by atoms with Crippen molar-refractivity contribution in [3.63, 3.8) is 0 Å². The second-order valence-corrected chi connectivity index (χ2v) is 2.72. The molecule has 3 nitrogen and oxygen atoms in total. The van der Waals surface area contributed by atoms with E-state index in [9.17, 15) is 0 Å². The van der Waals surface area contributed by atoms with E-state index in [-0.39, 0.29) is 0 Å². The Bertz CT molecular complexity index is 88.2. The Morgan fingerprint density at radius 2 is 2.18 bits per heavy atom. The van der Waals surface area contributed by atoms with Gasteiger partial charge in [0.15, 0.2) is 0 Å². The Balaban J connectivity index is 3.61. The topological polar surface area (TPSA) is 38.5 Å². The molecule has 0 saturated heterocycles. The Hall–Kier alpha value is -0.120. The van der Waals surface area contributed by atoms with Crippen molar-refractivity contribution in [2.45, 2.75) is 19.9 Å². The molecule has 0 rings (SSSR count). The van der Waals surface area contributed by atoms with E-state index in [0.717, 1.165) is 26.2 Å². The SMILES string of the molecule is CCN(CCN)C(C)COC. The zero-order valence-electron chi connectivity index (χ0n) is 7.84. The number of rotatable bonds is 6. The van der Waals surface area contributed by atoms with Gasteiger partial charge < -0.3 is 10.5 Å². The monoisotopic (exact) mass is 160 g/mol. The first-order valence-electron chi connectivity index (χ1n) is 4.19. The molecular weight excluding hydrogens is 140 g/mol. The first-order chi connectivity index (χ1) is 5.26. The molecule has 11 heavy (non-hydrogen) atoms. The molecule has 1 unspecified atom stereocenters. The third-order valence-corrected chi connectivity index (χ3v) is 1.85. The highest BCUT2D eigenvalue weighted by Crippen LogP contribution is 1.97. The quantitative estimate of drug-likeness (QED) is 0.607. The van der Waals surface area contributed by atoms with Crippen molar-refractivity contribution in [1.29, 1.82) is 0 Å². The predicted molar refractivity (Wildman–Crippen MR) is 47.6 cm³/mol. The fraction of sp³-hybridized carbons (Fsp3) is 1.00. The minimum atomic E-state index is 0.480. The van der Waals surface area contributed by atoms with Crippen molar-refractivity contribution in [2.24, 2.45) is 5.73 Å². The molecule has 0 aromatic rings. The molecule has 68 valence electrons. The van der Waals surface area contributed by atoms with E-state index in [0.29, 0.717) is 6.04 Å². The lowest BCUT2D eigenvalue weighted by molar-refractivity contribution is 0.105. The molecule has 0 aromatic heterocycles. The van der Waals surface area contributed by atoms with E-state index in [4.69, 9.17) is 10.5 Å². The van der Waals surface area contributed by atoms with Gasteiger partial charge in [0.2, 0.25) is 0 Å². The van der Waals surface area contributed by atoms with Gasteiger partial charge in [-0.1, -0.05) is 6.92 Å². The highest BCUT2D eigenvalue weighted by molar-refractivity contribution is 4.64. The summed E-state index contributed by atoms with van der Waals surface area (Å²) in [6.45, 7) is 7.81. The summed E-state index contributed by atoms with van der Waals surface area (Å²) in [6.07, 6.45) is 0. The van der Waals surface area contributed by atoms with Crippen LogP contribution in [0.3, 0.4) is 0 Å². The van der Waals surface area contributed by atoms with Gasteiger partial charge >= 0.3 is 0 Å². The van der Waals surface area contributed by atoms with Gasteiger partial charge in [0.25, 0.3) is 0 Å². The number of hydrogen-bond acceptors (Lipinski definition) is 3. The lowest BCUT2D eigenvalue weighted by Crippen LogP contribution is -2.39. The minimum Gasteiger partial charge on any atom is -0.383 e. The van der Waals surface area contributed by atoms with E-state index in [2.05, 4.69) is 18.7 Å². The van der Waals surface area contributed by atoms with Crippen LogP contribution in [0.2, 0.25) is 0 Å². The van der Waals surface area contributed by atoms with Crippen LogP contribution in [-0.4, -0.2) is 44.3 Å². The highest BCUT2D eigenvalue weighted by atomic mass is 16.5. The van der Waals surface area contributed by atoms with Crippen LogP contribution in [0.15, 0.2) is 0 Å². The molecule has 0 radical (unpaired) electrons. The second kappa shape index (κ2) is 6.58. The minimum absolute atomic E-state index is 0.480. The first-order valence-corrected chi connectivity index (χ1v) is 4.19. The number of nitrogens with zero attached hydrogens (tertiary/aromatic N) is 1. The van der Waals surface area contributed by atoms with Gasteiger partial charge in [0.05, 0.1) is 6.61 Å². The van der Waals surface area contributed by atoms with E-state index in [1.807, 2.05) is 0 Å². The second-order valence-electron chi connectivity index (χ2n) is 2.72. The summed E-state index contributed by atoms with van der Waals surface area (Å²) in [4.78, 5) is 2.31. The average Bonchev–Trinajstić information content (AvgIpc) is 2.00. The van der Waals surface area contributed by atoms with Gasteiger partial charge in [0.1, 0.15) is 0 Å². The lowest BCUT2D eigenvalue weighted by atomic mass is 10.3. The van der Waals surface area contributed by atoms with E-state index >= 15 is 0 Å². The Morgan fingerprint density at radius 1 is 1.55 bits per heavy atom. The van der Waals surface area contributed by atoms with Crippen molar-refractivity contribution in [3.05, 3.63) is 0 Å². The molecule has 0 aromatic carbocycles. The standard InChI is InChI=1S/C8H20N2O/c1-4-10(6-5-9)8(2)7-11-3/h8H,4-7,9H2,1-3H3. The number of methoxy groups -OCH3 is 1. The zero-order valence-corrected chi connectivity index (χ0v) is 7.84. The maximum absolute atomic E-state index is 5.46. The van der Waals surface area contributed by atoms with Crippen LogP contribution in [0, 0.1) is 0 Å². The lowest BCUT2D eigenvalue weighted by Gasteiger charge is -2.26. The van der Waals surface area contributed by atoms with Crippen LogP contribution < -0.4 is 5.73 Å². The van der Waals surface area contributed by atoms with Crippen LogP contribution in [0.5, 0.6) is 0 Å². The third kappa shape index (κ3) is 4.35. The van der Waals surface area contributed by atoms with E-state index in [1.54, 1.807) is 7.11 Å². The molecule has 0 fully saturated rings. The van der Waals surface area contributed by atoms with Gasteiger partial charge in [-0.2, -0.15) is 0 Å². The summed E-state index contributed by atoms with van der Waals surface area (Å²) < 4.78 is 5.05. The van der Waals surface area contributed by atoms with Gasteiger partial charge in [-0.05, 0) is 13.5 Å². The largest absolute Gasteiger partial charge is 0.383 e. The number of likely N-dealkylation sites (N-methyl/N-ethyl adjacent to an activating group) is 1. The van der Waals surface area contributed by atoms with E-state index < -0.39 is 0 Å². The molecule has 2 N–H and O–H groups in total. The summed E-state index contributed by atoms with van der Waals surface area (Å²) in [5.74, 6) is 0. The number of nitrogens with two attached hydrogens (primary N) is 1. The van der Waals surface area contributed by atoms with Crippen molar-refractivity contribution in [3.8, 4) is 0 Å². The summed E-state index contributed by atoms with van der Waals surface area (Å²) in [7, 11) is 1.73. The number of ether oxygens (including phenoxy) is 1. The first kappa shape index (κ1) is 10.9. The molecule has 0 saturated carbocycles. The smallest absolute Gasteiger partial charge is 0.0615 e. The highest BCUT2D eigenvalue weighted by Gasteiger charge is 2.09. The van der Waals surface area contributed by atoms with Gasteiger partial charge in [-0.3, -0.25) is 4.90 Å². The fourth-order valence-corrected chi connectivity index (χ4v) is 1.20. The van der Waals surface area contributed by atoms with Crippen LogP contribution in [0.1, 0.15) is 13.8 Å². The van der Waals surface area contributed by atoms with Crippen LogP contribution >= 0.6 is 0 Å². The molecule has 0 aliphatic rings. The van der Waals surface area contributed by atoms with Crippen LogP contribution in [0.4, 0.5) is 0 Å². The zero-order chi connectivity index (χ0) is 8.69. The molecule has 1 atom stereocenters. The van der Waals surface area contributed by atoms with Crippen molar-refractivity contribution < 1.29 is 4.74 Å². The summed E-state index contributed by atoms with van der Waals surface area (Å²) in [5.41, 5.74) is 5.46. The number of hydrogen-bond donors (Lipinski definition) is 1. The van der Waals surface area contributed by atoms with Gasteiger partial charge in [-0.15, -0.1) is 0 Å². The molecule has 0 spiro atoms. The molecule has 3 heteroatoms. The molecule has 0 aliphatic carbocycles. The van der Waals surface area contributed by atoms with Crippen LogP contribution in [0.25, 0.3) is 0 Å². The molecule has 0 amide bonds. The molecule has 0 aliphatic heterocycles. The summed E-state index contributed by atoms with van der Waals surface area (Å²) >= 11 is 0. The Kier molecular flexibility index (Phi) is 6.51. The summed E-state index contributed by atoms with van der Waals surface area (Å²) in [5, 5.41) is 0.